The molecule has 6 nitrogen and oxygen atoms in total. The Morgan fingerprint density at radius 2 is 2.05 bits per heavy atom. The summed E-state index contributed by atoms with van der Waals surface area (Å²) >= 11 is 0. The SMILES string of the molecule is Cc1nnc(NCC2COc3ccccc3O2)c(C#N)c1C. The molecule has 0 saturated heterocycles. The third-order valence-electron chi connectivity index (χ3n) is 3.63. The number of rotatable bonds is 3. The van der Waals surface area contributed by atoms with Crippen LogP contribution in [0.5, 0.6) is 11.5 Å². The van der Waals surface area contributed by atoms with Crippen molar-refractivity contribution in [2.45, 2.75) is 20.0 Å². The maximum absolute atomic E-state index is 9.28. The number of para-hydroxylation sites is 2. The fourth-order valence-corrected chi connectivity index (χ4v) is 2.24. The third-order valence-corrected chi connectivity index (χ3v) is 3.63. The largest absolute Gasteiger partial charge is 0.486 e. The molecule has 0 spiro atoms. The third kappa shape index (κ3) is 2.66. The highest BCUT2D eigenvalue weighted by Gasteiger charge is 2.21. The van der Waals surface area contributed by atoms with Gasteiger partial charge < -0.3 is 14.8 Å². The molecule has 3 rings (SSSR count). The molecular formula is C16H16N4O2. The van der Waals surface area contributed by atoms with E-state index in [1.807, 2.05) is 38.1 Å². The molecule has 0 bridgehead atoms. The Labute approximate surface area is 128 Å². The fourth-order valence-electron chi connectivity index (χ4n) is 2.24. The van der Waals surface area contributed by atoms with Gasteiger partial charge in [0.25, 0.3) is 0 Å². The lowest BCUT2D eigenvalue weighted by atomic mass is 10.1. The first-order chi connectivity index (χ1) is 10.7. The summed E-state index contributed by atoms with van der Waals surface area (Å²) in [5.74, 6) is 1.96. The van der Waals surface area contributed by atoms with Gasteiger partial charge >= 0.3 is 0 Å². The van der Waals surface area contributed by atoms with E-state index in [4.69, 9.17) is 9.47 Å². The van der Waals surface area contributed by atoms with Crippen LogP contribution >= 0.6 is 0 Å². The number of nitrogens with zero attached hydrogens (tertiary/aromatic N) is 3. The first kappa shape index (κ1) is 14.1. The number of aryl methyl sites for hydroxylation is 1. The molecule has 2 heterocycles. The monoisotopic (exact) mass is 296 g/mol. The maximum Gasteiger partial charge on any atom is 0.167 e. The van der Waals surface area contributed by atoms with Gasteiger partial charge in [-0.05, 0) is 31.5 Å². The number of aromatic nitrogens is 2. The van der Waals surface area contributed by atoms with Gasteiger partial charge in [0.05, 0.1) is 12.2 Å². The molecule has 1 atom stereocenters. The molecule has 22 heavy (non-hydrogen) atoms. The summed E-state index contributed by atoms with van der Waals surface area (Å²) in [6.07, 6.45) is -0.148. The molecule has 1 unspecified atom stereocenters. The topological polar surface area (TPSA) is 80.1 Å². The van der Waals surface area contributed by atoms with E-state index in [1.165, 1.54) is 0 Å². The van der Waals surface area contributed by atoms with Crippen LogP contribution in [0, 0.1) is 25.2 Å². The standard InChI is InChI=1S/C16H16N4O2/c1-10-11(2)19-20-16(13(10)7-17)18-8-12-9-21-14-5-3-4-6-15(14)22-12/h3-6,12H,8-9H2,1-2H3,(H,18,20). The quantitative estimate of drug-likeness (QED) is 0.935. The van der Waals surface area contributed by atoms with E-state index in [9.17, 15) is 5.26 Å². The minimum Gasteiger partial charge on any atom is -0.486 e. The van der Waals surface area contributed by atoms with E-state index < -0.39 is 0 Å². The first-order valence-corrected chi connectivity index (χ1v) is 7.05. The first-order valence-electron chi connectivity index (χ1n) is 7.05. The number of fused-ring (bicyclic) bond motifs is 1. The van der Waals surface area contributed by atoms with E-state index in [1.54, 1.807) is 0 Å². The van der Waals surface area contributed by atoms with Gasteiger partial charge in [0, 0.05) is 0 Å². The Kier molecular flexibility index (Phi) is 3.79. The second kappa shape index (κ2) is 5.90. The van der Waals surface area contributed by atoms with Crippen LogP contribution in [0.4, 0.5) is 5.82 Å². The number of hydrogen-bond acceptors (Lipinski definition) is 6. The van der Waals surface area contributed by atoms with Crippen LogP contribution < -0.4 is 14.8 Å². The highest BCUT2D eigenvalue weighted by Crippen LogP contribution is 2.30. The molecule has 1 aliphatic heterocycles. The second-order valence-electron chi connectivity index (χ2n) is 5.12. The molecule has 0 saturated carbocycles. The smallest absolute Gasteiger partial charge is 0.167 e. The zero-order chi connectivity index (χ0) is 15.5. The van der Waals surface area contributed by atoms with Crippen LogP contribution in [0.25, 0.3) is 0 Å². The molecule has 1 N–H and O–H groups in total. The molecule has 112 valence electrons. The van der Waals surface area contributed by atoms with Crippen molar-refractivity contribution in [2.75, 3.05) is 18.5 Å². The van der Waals surface area contributed by atoms with Crippen LogP contribution in [0.1, 0.15) is 16.8 Å². The zero-order valence-corrected chi connectivity index (χ0v) is 12.5. The van der Waals surface area contributed by atoms with Crippen molar-refractivity contribution >= 4 is 5.82 Å². The number of anilines is 1. The second-order valence-corrected chi connectivity index (χ2v) is 5.12. The van der Waals surface area contributed by atoms with Crippen molar-refractivity contribution in [1.29, 1.82) is 5.26 Å². The number of hydrogen-bond donors (Lipinski definition) is 1. The maximum atomic E-state index is 9.28. The number of nitrogens with one attached hydrogen (secondary N) is 1. The van der Waals surface area contributed by atoms with E-state index in [0.717, 1.165) is 22.8 Å². The Bertz CT molecular complexity index is 739. The summed E-state index contributed by atoms with van der Waals surface area (Å²) in [6.45, 7) is 4.64. The van der Waals surface area contributed by atoms with Gasteiger partial charge in [-0.2, -0.15) is 10.4 Å². The highest BCUT2D eigenvalue weighted by atomic mass is 16.6. The molecule has 0 fully saturated rings. The summed E-state index contributed by atoms with van der Waals surface area (Å²) in [5.41, 5.74) is 2.11. The lowest BCUT2D eigenvalue weighted by Crippen LogP contribution is -2.35. The average molecular weight is 296 g/mol. The molecule has 0 radical (unpaired) electrons. The molecule has 1 aromatic carbocycles. The van der Waals surface area contributed by atoms with Crippen LogP contribution in [0.3, 0.4) is 0 Å². The van der Waals surface area contributed by atoms with Gasteiger partial charge in [0.15, 0.2) is 17.3 Å². The van der Waals surface area contributed by atoms with Crippen molar-refractivity contribution in [1.82, 2.24) is 10.2 Å². The van der Waals surface area contributed by atoms with E-state index in [0.29, 0.717) is 24.5 Å². The lowest BCUT2D eigenvalue weighted by Gasteiger charge is -2.26. The Morgan fingerprint density at radius 3 is 2.82 bits per heavy atom. The zero-order valence-electron chi connectivity index (χ0n) is 12.5. The van der Waals surface area contributed by atoms with Crippen LogP contribution in [0.2, 0.25) is 0 Å². The van der Waals surface area contributed by atoms with Crippen molar-refractivity contribution in [3.8, 4) is 17.6 Å². The summed E-state index contributed by atoms with van der Waals surface area (Å²) in [5, 5.41) is 20.5. The summed E-state index contributed by atoms with van der Waals surface area (Å²) in [6, 6.07) is 9.73. The van der Waals surface area contributed by atoms with Crippen LogP contribution in [-0.4, -0.2) is 29.5 Å². The summed E-state index contributed by atoms with van der Waals surface area (Å²) in [7, 11) is 0. The molecule has 6 heteroatoms. The Balaban J connectivity index is 1.70. The van der Waals surface area contributed by atoms with Crippen molar-refractivity contribution < 1.29 is 9.47 Å². The molecule has 0 amide bonds. The van der Waals surface area contributed by atoms with Gasteiger partial charge in [-0.1, -0.05) is 12.1 Å². The van der Waals surface area contributed by atoms with Crippen molar-refractivity contribution in [3.05, 3.63) is 41.1 Å². The minimum absolute atomic E-state index is 0.148. The van der Waals surface area contributed by atoms with E-state index >= 15 is 0 Å². The van der Waals surface area contributed by atoms with Gasteiger partial charge in [-0.3, -0.25) is 0 Å². The predicted octanol–water partition coefficient (Wildman–Crippen LogP) is 2.22. The molecule has 2 aromatic rings. The molecule has 0 aliphatic carbocycles. The minimum atomic E-state index is -0.148. The van der Waals surface area contributed by atoms with Crippen molar-refractivity contribution in [3.63, 3.8) is 0 Å². The van der Waals surface area contributed by atoms with Crippen molar-refractivity contribution in [2.24, 2.45) is 0 Å². The van der Waals surface area contributed by atoms with Gasteiger partial charge in [0.1, 0.15) is 24.3 Å². The molecule has 1 aliphatic rings. The average Bonchev–Trinajstić information content (AvgIpc) is 2.55. The fraction of sp³-hybridized carbons (Fsp3) is 0.312. The molecular weight excluding hydrogens is 280 g/mol. The highest BCUT2D eigenvalue weighted by molar-refractivity contribution is 5.55. The number of benzene rings is 1. The Hall–Kier alpha value is -2.81. The van der Waals surface area contributed by atoms with Gasteiger partial charge in [-0.25, -0.2) is 0 Å². The number of nitriles is 1. The van der Waals surface area contributed by atoms with Crippen LogP contribution in [0.15, 0.2) is 24.3 Å². The van der Waals surface area contributed by atoms with E-state index in [2.05, 4.69) is 21.6 Å². The Morgan fingerprint density at radius 1 is 1.27 bits per heavy atom. The van der Waals surface area contributed by atoms with Gasteiger partial charge in [0.2, 0.25) is 0 Å². The molecule has 1 aromatic heterocycles. The summed E-state index contributed by atoms with van der Waals surface area (Å²) in [4.78, 5) is 0. The normalized spacial score (nSPS) is 16.0. The van der Waals surface area contributed by atoms with E-state index in [-0.39, 0.29) is 6.10 Å². The van der Waals surface area contributed by atoms with Crippen LogP contribution in [-0.2, 0) is 0 Å². The summed E-state index contributed by atoms with van der Waals surface area (Å²) < 4.78 is 11.5. The number of ether oxygens (including phenoxy) is 2. The lowest BCUT2D eigenvalue weighted by molar-refractivity contribution is 0.0997. The predicted molar refractivity (Wildman–Crippen MR) is 81.1 cm³/mol. The van der Waals surface area contributed by atoms with Gasteiger partial charge in [-0.15, -0.1) is 5.10 Å².